The van der Waals surface area contributed by atoms with E-state index in [4.69, 9.17) is 4.74 Å². The number of carbonyl (C=O) groups is 1. The number of fused-ring (bicyclic) bond motifs is 2. The molecule has 5 heteroatoms. The predicted molar refractivity (Wildman–Crippen MR) is 135 cm³/mol. The average molecular weight is 450 g/mol. The molecule has 0 spiro atoms. The van der Waals surface area contributed by atoms with Crippen LogP contribution in [0.1, 0.15) is 16.8 Å². The molecule has 1 aromatic heterocycles. The van der Waals surface area contributed by atoms with Crippen LogP contribution in [0.3, 0.4) is 0 Å². The van der Waals surface area contributed by atoms with E-state index in [-0.39, 0.29) is 5.91 Å². The Balaban J connectivity index is 1.36. The molecule has 1 heterocycles. The molecule has 0 radical (unpaired) electrons. The lowest BCUT2D eigenvalue weighted by molar-refractivity contribution is -0.133. The summed E-state index contributed by atoms with van der Waals surface area (Å²) in [6.07, 6.45) is 4.01. The van der Waals surface area contributed by atoms with E-state index in [1.54, 1.807) is 12.5 Å². The first-order valence-electron chi connectivity index (χ1n) is 11.6. The van der Waals surface area contributed by atoms with Crippen LogP contribution < -0.4 is 5.32 Å². The Hall–Kier alpha value is -3.96. The molecule has 0 aliphatic carbocycles. The van der Waals surface area contributed by atoms with Crippen LogP contribution in [0, 0.1) is 0 Å². The number of benzene rings is 4. The van der Waals surface area contributed by atoms with Crippen LogP contribution in [0.25, 0.3) is 21.5 Å². The Labute approximate surface area is 198 Å². The van der Waals surface area contributed by atoms with Gasteiger partial charge in [0.05, 0.1) is 12.9 Å². The van der Waals surface area contributed by atoms with Crippen molar-refractivity contribution >= 4 is 27.5 Å². The lowest BCUT2D eigenvalue weighted by Gasteiger charge is -2.19. The van der Waals surface area contributed by atoms with Crippen LogP contribution in [0.15, 0.2) is 97.5 Å². The van der Waals surface area contributed by atoms with Crippen LogP contribution in [0.2, 0.25) is 0 Å². The minimum atomic E-state index is -0.605. The van der Waals surface area contributed by atoms with E-state index in [1.165, 1.54) is 5.39 Å². The molecule has 5 aromatic rings. The van der Waals surface area contributed by atoms with Gasteiger partial charge in [-0.25, -0.2) is 4.98 Å². The number of nitrogens with zero attached hydrogens (tertiary/aromatic N) is 1. The molecule has 1 amide bonds. The fourth-order valence-corrected chi connectivity index (χ4v) is 4.36. The van der Waals surface area contributed by atoms with Gasteiger partial charge in [0.1, 0.15) is 6.10 Å². The second-order valence-corrected chi connectivity index (χ2v) is 8.40. The second-order valence-electron chi connectivity index (χ2n) is 8.40. The number of hydrogen-bond donors (Lipinski definition) is 2. The van der Waals surface area contributed by atoms with Crippen molar-refractivity contribution in [2.45, 2.75) is 25.6 Å². The number of amides is 1. The quantitative estimate of drug-likeness (QED) is 0.325. The van der Waals surface area contributed by atoms with Crippen LogP contribution in [0.4, 0.5) is 0 Å². The van der Waals surface area contributed by atoms with Gasteiger partial charge in [0.25, 0.3) is 0 Å². The van der Waals surface area contributed by atoms with Crippen molar-refractivity contribution < 1.29 is 9.53 Å². The van der Waals surface area contributed by atoms with E-state index in [0.717, 1.165) is 33.0 Å². The molecule has 0 aliphatic heterocycles. The van der Waals surface area contributed by atoms with Gasteiger partial charge in [-0.1, -0.05) is 84.9 Å². The maximum atomic E-state index is 13.2. The molecule has 5 rings (SSSR count). The third kappa shape index (κ3) is 5.00. The fourth-order valence-electron chi connectivity index (χ4n) is 4.36. The number of ether oxygens (including phenoxy) is 1. The molecule has 2 N–H and O–H groups in total. The normalized spacial score (nSPS) is 12.1. The van der Waals surface area contributed by atoms with Gasteiger partial charge in [-0.3, -0.25) is 4.79 Å². The number of imidazole rings is 1. The van der Waals surface area contributed by atoms with Crippen molar-refractivity contribution in [2.75, 3.05) is 6.54 Å². The lowest BCUT2D eigenvalue weighted by Crippen LogP contribution is -2.39. The van der Waals surface area contributed by atoms with E-state index in [2.05, 4.69) is 63.8 Å². The van der Waals surface area contributed by atoms with Gasteiger partial charge in [-0.2, -0.15) is 0 Å². The molecular weight excluding hydrogens is 422 g/mol. The largest absolute Gasteiger partial charge is 0.363 e. The van der Waals surface area contributed by atoms with Crippen LogP contribution in [0.5, 0.6) is 0 Å². The number of H-pyrrole nitrogens is 1. The summed E-state index contributed by atoms with van der Waals surface area (Å²) in [5, 5.41) is 7.67. The maximum absolute atomic E-state index is 13.2. The zero-order chi connectivity index (χ0) is 23.2. The van der Waals surface area contributed by atoms with E-state index in [0.29, 0.717) is 26.0 Å². The van der Waals surface area contributed by atoms with Crippen molar-refractivity contribution in [3.63, 3.8) is 0 Å². The van der Waals surface area contributed by atoms with Crippen LogP contribution in [-0.2, 0) is 29.0 Å². The standard InChI is InChI=1S/C29H27N3O2/c33-29(31-16-15-25-18-30-20-32-25)28(17-23-11-5-9-21-7-1-3-13-26(21)23)34-19-24-12-6-10-22-8-2-4-14-27(22)24/h1-14,18,20,28H,15-17,19H2,(H,30,32)(H,31,33). The van der Waals surface area contributed by atoms with Gasteiger partial charge in [-0.05, 0) is 32.7 Å². The maximum Gasteiger partial charge on any atom is 0.249 e. The lowest BCUT2D eigenvalue weighted by atomic mass is 9.99. The van der Waals surface area contributed by atoms with Crippen molar-refractivity contribution in [1.82, 2.24) is 15.3 Å². The van der Waals surface area contributed by atoms with Crippen LogP contribution >= 0.6 is 0 Å². The average Bonchev–Trinajstić information content (AvgIpc) is 3.40. The molecule has 0 saturated carbocycles. The third-order valence-electron chi connectivity index (χ3n) is 6.15. The summed E-state index contributed by atoms with van der Waals surface area (Å²) in [6.45, 7) is 0.884. The zero-order valence-corrected chi connectivity index (χ0v) is 18.9. The Morgan fingerprint density at radius 3 is 2.21 bits per heavy atom. The first-order chi connectivity index (χ1) is 16.8. The van der Waals surface area contributed by atoms with E-state index in [1.807, 2.05) is 36.4 Å². The number of aromatic nitrogens is 2. The van der Waals surface area contributed by atoms with Gasteiger partial charge < -0.3 is 15.0 Å². The van der Waals surface area contributed by atoms with Gasteiger partial charge in [0.15, 0.2) is 0 Å². The van der Waals surface area contributed by atoms with Crippen LogP contribution in [-0.4, -0.2) is 28.5 Å². The van der Waals surface area contributed by atoms with Gasteiger partial charge in [0.2, 0.25) is 5.91 Å². The molecule has 34 heavy (non-hydrogen) atoms. The number of nitrogens with one attached hydrogen (secondary N) is 2. The highest BCUT2D eigenvalue weighted by atomic mass is 16.5. The third-order valence-corrected chi connectivity index (χ3v) is 6.15. The van der Waals surface area contributed by atoms with Crippen molar-refractivity contribution in [1.29, 1.82) is 0 Å². The number of carbonyl (C=O) groups excluding carboxylic acids is 1. The number of aromatic amines is 1. The second kappa shape index (κ2) is 10.3. The molecule has 1 unspecified atom stereocenters. The number of rotatable bonds is 9. The van der Waals surface area contributed by atoms with Gasteiger partial charge in [0, 0.05) is 31.3 Å². The highest BCUT2D eigenvalue weighted by Gasteiger charge is 2.21. The first kappa shape index (κ1) is 21.9. The molecule has 0 fully saturated rings. The van der Waals surface area contributed by atoms with Gasteiger partial charge in [-0.15, -0.1) is 0 Å². The first-order valence-corrected chi connectivity index (χ1v) is 11.6. The monoisotopic (exact) mass is 449 g/mol. The van der Waals surface area contributed by atoms with Gasteiger partial charge >= 0.3 is 0 Å². The Morgan fingerprint density at radius 2 is 1.50 bits per heavy atom. The molecule has 5 nitrogen and oxygen atoms in total. The Kier molecular flexibility index (Phi) is 6.64. The highest BCUT2D eigenvalue weighted by Crippen LogP contribution is 2.23. The molecule has 0 saturated heterocycles. The van der Waals surface area contributed by atoms with Crippen molar-refractivity contribution in [3.05, 3.63) is 114 Å². The molecule has 0 aliphatic rings. The predicted octanol–water partition coefficient (Wildman–Crippen LogP) is 5.20. The zero-order valence-electron chi connectivity index (χ0n) is 18.9. The summed E-state index contributed by atoms with van der Waals surface area (Å²) < 4.78 is 6.31. The fraction of sp³-hybridized carbons (Fsp3) is 0.172. The molecular formula is C29H27N3O2. The summed E-state index contributed by atoms with van der Waals surface area (Å²) in [5.41, 5.74) is 3.17. The van der Waals surface area contributed by atoms with E-state index >= 15 is 0 Å². The molecule has 4 aromatic carbocycles. The smallest absolute Gasteiger partial charge is 0.249 e. The SMILES string of the molecule is O=C(NCCc1cnc[nH]1)C(Cc1cccc2ccccc12)OCc1cccc2ccccc12. The minimum Gasteiger partial charge on any atom is -0.363 e. The molecule has 1 atom stereocenters. The Morgan fingerprint density at radius 1 is 0.853 bits per heavy atom. The van der Waals surface area contributed by atoms with E-state index in [9.17, 15) is 4.79 Å². The summed E-state index contributed by atoms with van der Waals surface area (Å²) in [7, 11) is 0. The summed E-state index contributed by atoms with van der Waals surface area (Å²) in [6, 6.07) is 28.9. The summed E-state index contributed by atoms with van der Waals surface area (Å²) in [4.78, 5) is 20.3. The summed E-state index contributed by atoms with van der Waals surface area (Å²) >= 11 is 0. The van der Waals surface area contributed by atoms with Crippen molar-refractivity contribution in [3.8, 4) is 0 Å². The van der Waals surface area contributed by atoms with Crippen molar-refractivity contribution in [2.24, 2.45) is 0 Å². The molecule has 170 valence electrons. The Bertz CT molecular complexity index is 1380. The topological polar surface area (TPSA) is 67.0 Å². The highest BCUT2D eigenvalue weighted by molar-refractivity contribution is 5.88. The molecule has 0 bridgehead atoms. The number of hydrogen-bond acceptors (Lipinski definition) is 3. The minimum absolute atomic E-state index is 0.104. The summed E-state index contributed by atoms with van der Waals surface area (Å²) in [5.74, 6) is -0.104. The van der Waals surface area contributed by atoms with E-state index < -0.39 is 6.10 Å².